The largest absolute Gasteiger partial charge is 0.618 e. The first-order valence-electron chi connectivity index (χ1n) is 6.85. The zero-order valence-corrected chi connectivity index (χ0v) is 12.9. The van der Waals surface area contributed by atoms with Crippen LogP contribution in [-0.4, -0.2) is 21.5 Å². The molecule has 23 heavy (non-hydrogen) atoms. The molecule has 0 fully saturated rings. The summed E-state index contributed by atoms with van der Waals surface area (Å²) in [5.74, 6) is -1.30. The van der Waals surface area contributed by atoms with Crippen molar-refractivity contribution in [3.05, 3.63) is 58.8 Å². The number of aromatic nitrogens is 1. The molecule has 0 aliphatic heterocycles. The third-order valence-electron chi connectivity index (χ3n) is 2.79. The molecule has 0 spiro atoms. The lowest BCUT2D eigenvalue weighted by Crippen LogP contribution is -2.35. The minimum absolute atomic E-state index is 0.0691. The van der Waals surface area contributed by atoms with E-state index in [1.807, 2.05) is 0 Å². The molecule has 0 saturated heterocycles. The first kappa shape index (κ1) is 16.5. The smallest absolute Gasteiger partial charge is 0.288 e. The number of phenolic OH excluding ortho intramolecular Hbond substituents is 1. The minimum Gasteiger partial charge on any atom is -0.618 e. The van der Waals surface area contributed by atoms with Gasteiger partial charge in [-0.25, -0.2) is 4.39 Å². The van der Waals surface area contributed by atoms with Gasteiger partial charge >= 0.3 is 0 Å². The summed E-state index contributed by atoms with van der Waals surface area (Å²) in [5, 5.41) is 35.9. The van der Waals surface area contributed by atoms with E-state index in [0.717, 1.165) is 24.4 Å². The Bertz CT molecular complexity index is 734. The molecule has 7 heteroatoms. The Kier molecular flexibility index (Phi) is 4.40. The summed E-state index contributed by atoms with van der Waals surface area (Å²) in [5.41, 5.74) is -1.19. The van der Waals surface area contributed by atoms with Gasteiger partial charge in [-0.1, -0.05) is 5.16 Å². The van der Waals surface area contributed by atoms with E-state index in [4.69, 9.17) is 4.84 Å². The number of aromatic hydroxyl groups is 2. The van der Waals surface area contributed by atoms with Crippen molar-refractivity contribution in [1.29, 1.82) is 0 Å². The number of oxime groups is 1. The number of rotatable bonds is 3. The Hall–Kier alpha value is -2.83. The molecule has 0 atom stereocenters. The number of benzene rings is 1. The third-order valence-corrected chi connectivity index (χ3v) is 2.79. The molecule has 0 saturated carbocycles. The highest BCUT2D eigenvalue weighted by molar-refractivity contribution is 6.13. The van der Waals surface area contributed by atoms with Crippen LogP contribution in [0.5, 0.6) is 11.5 Å². The fourth-order valence-electron chi connectivity index (χ4n) is 1.80. The van der Waals surface area contributed by atoms with Gasteiger partial charge in [-0.15, -0.1) is 0 Å². The molecule has 2 rings (SSSR count). The predicted octanol–water partition coefficient (Wildman–Crippen LogP) is 2.44. The summed E-state index contributed by atoms with van der Waals surface area (Å²) < 4.78 is 13.9. The van der Waals surface area contributed by atoms with Gasteiger partial charge in [0, 0.05) is 6.07 Å². The summed E-state index contributed by atoms with van der Waals surface area (Å²) in [7, 11) is 0. The van der Waals surface area contributed by atoms with Crippen molar-refractivity contribution in [2.45, 2.75) is 26.4 Å². The number of phenols is 1. The Labute approximate surface area is 132 Å². The van der Waals surface area contributed by atoms with E-state index in [0.29, 0.717) is 4.73 Å². The third kappa shape index (κ3) is 3.88. The molecule has 1 aromatic heterocycles. The quantitative estimate of drug-likeness (QED) is 0.393. The molecule has 0 aliphatic carbocycles. The van der Waals surface area contributed by atoms with Gasteiger partial charge in [0.2, 0.25) is 0 Å². The van der Waals surface area contributed by atoms with Gasteiger partial charge in [-0.3, -0.25) is 0 Å². The summed E-state index contributed by atoms with van der Waals surface area (Å²) in [4.78, 5) is 5.30. The predicted molar refractivity (Wildman–Crippen MR) is 81.6 cm³/mol. The molecule has 1 heterocycles. The van der Waals surface area contributed by atoms with Gasteiger partial charge in [-0.05, 0) is 45.0 Å². The van der Waals surface area contributed by atoms with E-state index < -0.39 is 11.4 Å². The van der Waals surface area contributed by atoms with Crippen LogP contribution in [0.15, 0.2) is 41.7 Å². The number of nitrogens with zero attached hydrogens (tertiary/aromatic N) is 2. The second-order valence-electron chi connectivity index (χ2n) is 5.87. The van der Waals surface area contributed by atoms with Crippen LogP contribution < -0.4 is 4.73 Å². The van der Waals surface area contributed by atoms with Crippen LogP contribution in [0.3, 0.4) is 0 Å². The van der Waals surface area contributed by atoms with Crippen LogP contribution >= 0.6 is 0 Å². The average Bonchev–Trinajstić information content (AvgIpc) is 2.44. The van der Waals surface area contributed by atoms with Gasteiger partial charge < -0.3 is 20.3 Å². The summed E-state index contributed by atoms with van der Waals surface area (Å²) in [6.07, 6.45) is 1.15. The molecule has 0 aliphatic rings. The maximum absolute atomic E-state index is 13.5. The highest BCUT2D eigenvalue weighted by atomic mass is 19.1. The summed E-state index contributed by atoms with van der Waals surface area (Å²) in [6, 6.07) is 5.84. The highest BCUT2D eigenvalue weighted by Crippen LogP contribution is 2.25. The van der Waals surface area contributed by atoms with Crippen LogP contribution in [0, 0.1) is 11.0 Å². The van der Waals surface area contributed by atoms with E-state index in [1.54, 1.807) is 20.8 Å². The van der Waals surface area contributed by atoms with E-state index >= 15 is 0 Å². The van der Waals surface area contributed by atoms with E-state index in [1.165, 1.54) is 12.1 Å². The molecule has 2 N–H and O–H groups in total. The second kappa shape index (κ2) is 6.12. The Morgan fingerprint density at radius 1 is 1.22 bits per heavy atom. The number of halogens is 1. The molecule has 1 aromatic carbocycles. The number of hydrogen-bond acceptors (Lipinski definition) is 5. The molecule has 122 valence electrons. The fourth-order valence-corrected chi connectivity index (χ4v) is 1.80. The first-order valence-corrected chi connectivity index (χ1v) is 6.85. The number of hydrogen-bond donors (Lipinski definition) is 2. The van der Waals surface area contributed by atoms with Crippen molar-refractivity contribution in [3.8, 4) is 11.5 Å². The minimum atomic E-state index is -0.688. The molecule has 6 nitrogen and oxygen atoms in total. The van der Waals surface area contributed by atoms with Gasteiger partial charge in [-0.2, -0.15) is 4.73 Å². The van der Waals surface area contributed by atoms with Crippen LogP contribution in [0.1, 0.15) is 32.0 Å². The molecule has 0 radical (unpaired) electrons. The van der Waals surface area contributed by atoms with Gasteiger partial charge in [0.15, 0.2) is 17.7 Å². The topological polar surface area (TPSA) is 89.0 Å². The Balaban J connectivity index is 2.68. The SMILES string of the molecule is CC(C)(C)O/N=C(/c1cc(F)ccc1O)c1c(O)ccc[n+]1[O-]. The highest BCUT2D eigenvalue weighted by Gasteiger charge is 2.26. The molecule has 0 unspecified atom stereocenters. The zero-order valence-electron chi connectivity index (χ0n) is 12.9. The van der Waals surface area contributed by atoms with Crippen molar-refractivity contribution in [2.75, 3.05) is 0 Å². The Morgan fingerprint density at radius 2 is 1.91 bits per heavy atom. The van der Waals surface area contributed by atoms with Crippen LogP contribution in [-0.2, 0) is 4.84 Å². The van der Waals surface area contributed by atoms with Crippen molar-refractivity contribution in [3.63, 3.8) is 0 Å². The molecule has 0 amide bonds. The molecule has 2 aromatic rings. The van der Waals surface area contributed by atoms with E-state index in [9.17, 15) is 19.8 Å². The molecular formula is C16H17FN2O4. The lowest BCUT2D eigenvalue weighted by atomic mass is 10.0. The average molecular weight is 320 g/mol. The maximum atomic E-state index is 13.5. The Morgan fingerprint density at radius 3 is 2.52 bits per heavy atom. The van der Waals surface area contributed by atoms with Crippen LogP contribution in [0.4, 0.5) is 4.39 Å². The van der Waals surface area contributed by atoms with Crippen molar-refractivity contribution < 1.29 is 24.2 Å². The first-order chi connectivity index (χ1) is 10.7. The van der Waals surface area contributed by atoms with Crippen LogP contribution in [0.2, 0.25) is 0 Å². The fraction of sp³-hybridized carbons (Fsp3) is 0.250. The molecule has 0 bridgehead atoms. The normalized spacial score (nSPS) is 12.3. The van der Waals surface area contributed by atoms with E-state index in [2.05, 4.69) is 5.16 Å². The molecular weight excluding hydrogens is 303 g/mol. The zero-order chi connectivity index (χ0) is 17.2. The van der Waals surface area contributed by atoms with Crippen molar-refractivity contribution in [1.82, 2.24) is 0 Å². The monoisotopic (exact) mass is 320 g/mol. The lowest BCUT2D eigenvalue weighted by molar-refractivity contribution is -0.607. The standard InChI is InChI=1S/C16H17FN2O4/c1-16(2,3)23-18-14(11-9-10(17)6-7-12(11)20)15-13(21)5-4-8-19(15)22/h4-9,20-21H,1-3H3/b18-14-. The van der Waals surface area contributed by atoms with Gasteiger partial charge in [0.1, 0.15) is 17.2 Å². The summed E-state index contributed by atoms with van der Waals surface area (Å²) in [6.45, 7) is 5.20. The summed E-state index contributed by atoms with van der Waals surface area (Å²) >= 11 is 0. The lowest BCUT2D eigenvalue weighted by Gasteiger charge is -2.17. The number of pyridine rings is 1. The van der Waals surface area contributed by atoms with Gasteiger partial charge in [0.05, 0.1) is 5.56 Å². The van der Waals surface area contributed by atoms with E-state index in [-0.39, 0.29) is 28.5 Å². The van der Waals surface area contributed by atoms with Crippen molar-refractivity contribution >= 4 is 5.71 Å². The van der Waals surface area contributed by atoms with Gasteiger partial charge in [0.25, 0.3) is 5.69 Å². The second-order valence-corrected chi connectivity index (χ2v) is 5.87. The van der Waals surface area contributed by atoms with Crippen molar-refractivity contribution in [2.24, 2.45) is 5.16 Å². The maximum Gasteiger partial charge on any atom is 0.288 e. The van der Waals surface area contributed by atoms with Crippen LogP contribution in [0.25, 0.3) is 0 Å².